The highest BCUT2D eigenvalue weighted by Gasteiger charge is 2.56. The molecular weight excluding hydrogens is 312 g/mol. The van der Waals surface area contributed by atoms with Crippen LogP contribution in [0, 0.1) is 0 Å². The number of carbonyl (C=O) groups is 2. The van der Waals surface area contributed by atoms with Gasteiger partial charge in [-0.1, -0.05) is 30.3 Å². The monoisotopic (exact) mass is 334 g/mol. The molecule has 2 aliphatic heterocycles. The first-order chi connectivity index (χ1) is 11.4. The van der Waals surface area contributed by atoms with Crippen LogP contribution < -0.4 is 0 Å². The van der Waals surface area contributed by atoms with Crippen molar-refractivity contribution in [3.05, 3.63) is 35.9 Å². The van der Waals surface area contributed by atoms with Crippen LogP contribution in [0.15, 0.2) is 30.3 Å². The Morgan fingerprint density at radius 2 is 1.79 bits per heavy atom. The second-order valence-corrected chi connectivity index (χ2v) is 6.59. The number of hydrogen-bond donors (Lipinski definition) is 0. The molecule has 0 aromatic heterocycles. The van der Waals surface area contributed by atoms with Crippen LogP contribution in [0.1, 0.15) is 32.8 Å². The molecule has 1 aromatic carbocycles. The average molecular weight is 334 g/mol. The minimum absolute atomic E-state index is 0.0266. The maximum absolute atomic E-state index is 11.8. The fourth-order valence-corrected chi connectivity index (χ4v) is 3.02. The number of ether oxygens (including phenoxy) is 4. The van der Waals surface area contributed by atoms with Crippen LogP contribution in [-0.2, 0) is 35.1 Å². The van der Waals surface area contributed by atoms with Gasteiger partial charge in [0.1, 0.15) is 12.2 Å². The normalized spacial score (nSPS) is 31.0. The molecule has 2 saturated heterocycles. The Labute approximate surface area is 141 Å². The number of benzene rings is 1. The number of Topliss-reactive ketones (excluding diaryl/α,β-unsaturated/α-hetero) is 2. The molecule has 0 N–H and O–H groups in total. The molecule has 0 unspecified atom stereocenters. The summed E-state index contributed by atoms with van der Waals surface area (Å²) in [6.07, 6.45) is -2.06. The summed E-state index contributed by atoms with van der Waals surface area (Å²) in [5.41, 5.74) is 1.01. The molecule has 3 rings (SSSR count). The quantitative estimate of drug-likeness (QED) is 0.741. The standard InChI is InChI=1S/C18H22O6/c1-11(19)13(20)9-14-15-16(24-18(2,3)23-15)17(22-14)21-10-12-7-5-4-6-8-12/h4-8,14-17H,9-10H2,1-3H3/t14-,15-,16-,17-/m1/s1. The van der Waals surface area contributed by atoms with Gasteiger partial charge in [-0.25, -0.2) is 0 Å². The topological polar surface area (TPSA) is 71.1 Å². The molecule has 2 aliphatic rings. The van der Waals surface area contributed by atoms with Gasteiger partial charge in [-0.2, -0.15) is 0 Å². The summed E-state index contributed by atoms with van der Waals surface area (Å²) < 4.78 is 23.4. The molecule has 0 aliphatic carbocycles. The predicted molar refractivity (Wildman–Crippen MR) is 84.0 cm³/mol. The SMILES string of the molecule is CC(=O)C(=O)C[C@H]1O[C@@H](OCc2ccccc2)[C@@H]2OC(C)(C)O[C@@H]21. The lowest BCUT2D eigenvalue weighted by Crippen LogP contribution is -2.32. The molecule has 0 spiro atoms. The summed E-state index contributed by atoms with van der Waals surface area (Å²) in [5, 5.41) is 0. The number of ketones is 2. The fourth-order valence-electron chi connectivity index (χ4n) is 3.02. The first-order valence-corrected chi connectivity index (χ1v) is 8.06. The van der Waals surface area contributed by atoms with E-state index in [1.807, 2.05) is 44.2 Å². The first kappa shape index (κ1) is 17.2. The van der Waals surface area contributed by atoms with Crippen molar-refractivity contribution in [3.8, 4) is 0 Å². The van der Waals surface area contributed by atoms with Gasteiger partial charge in [-0.05, 0) is 19.4 Å². The zero-order valence-corrected chi connectivity index (χ0v) is 14.1. The first-order valence-electron chi connectivity index (χ1n) is 8.06. The van der Waals surface area contributed by atoms with Crippen molar-refractivity contribution in [3.63, 3.8) is 0 Å². The molecule has 1 aromatic rings. The van der Waals surface area contributed by atoms with Gasteiger partial charge in [0, 0.05) is 13.3 Å². The molecule has 0 amide bonds. The average Bonchev–Trinajstić information content (AvgIpc) is 3.00. The predicted octanol–water partition coefficient (Wildman–Crippen LogP) is 2.00. The molecule has 130 valence electrons. The van der Waals surface area contributed by atoms with Gasteiger partial charge in [0.25, 0.3) is 0 Å². The van der Waals surface area contributed by atoms with Gasteiger partial charge in [0.15, 0.2) is 17.9 Å². The van der Waals surface area contributed by atoms with Crippen LogP contribution in [0.5, 0.6) is 0 Å². The fraction of sp³-hybridized carbons (Fsp3) is 0.556. The third kappa shape index (κ3) is 3.72. The van der Waals surface area contributed by atoms with Crippen LogP contribution in [0.3, 0.4) is 0 Å². The summed E-state index contributed by atoms with van der Waals surface area (Å²) in [4.78, 5) is 23.0. The summed E-state index contributed by atoms with van der Waals surface area (Å²) >= 11 is 0. The van der Waals surface area contributed by atoms with Gasteiger partial charge >= 0.3 is 0 Å². The summed E-state index contributed by atoms with van der Waals surface area (Å²) in [6.45, 7) is 5.24. The van der Waals surface area contributed by atoms with Crippen LogP contribution >= 0.6 is 0 Å². The zero-order valence-electron chi connectivity index (χ0n) is 14.1. The number of rotatable bonds is 6. The van der Waals surface area contributed by atoms with Gasteiger partial charge < -0.3 is 18.9 Å². The van der Waals surface area contributed by atoms with E-state index in [1.54, 1.807) is 0 Å². The van der Waals surface area contributed by atoms with Crippen LogP contribution in [0.4, 0.5) is 0 Å². The van der Waals surface area contributed by atoms with Crippen LogP contribution in [0.25, 0.3) is 0 Å². The van der Waals surface area contributed by atoms with Gasteiger partial charge in [-0.15, -0.1) is 0 Å². The number of fused-ring (bicyclic) bond motifs is 1. The minimum Gasteiger partial charge on any atom is -0.345 e. The van der Waals surface area contributed by atoms with E-state index >= 15 is 0 Å². The highest BCUT2D eigenvalue weighted by atomic mass is 16.8. The van der Waals surface area contributed by atoms with Gasteiger partial charge in [0.05, 0.1) is 12.7 Å². The molecule has 6 nitrogen and oxygen atoms in total. The summed E-state index contributed by atoms with van der Waals surface area (Å²) in [7, 11) is 0. The van der Waals surface area contributed by atoms with Crippen molar-refractivity contribution in [2.75, 3.05) is 0 Å². The van der Waals surface area contributed by atoms with Crippen molar-refractivity contribution in [1.29, 1.82) is 0 Å². The lowest BCUT2D eigenvalue weighted by Gasteiger charge is -2.24. The smallest absolute Gasteiger partial charge is 0.200 e. The third-order valence-corrected chi connectivity index (χ3v) is 4.14. The molecule has 24 heavy (non-hydrogen) atoms. The maximum atomic E-state index is 11.8. The van der Waals surface area contributed by atoms with Crippen molar-refractivity contribution >= 4 is 11.6 Å². The highest BCUT2D eigenvalue weighted by Crippen LogP contribution is 2.40. The molecule has 0 saturated carbocycles. The molecule has 4 atom stereocenters. The maximum Gasteiger partial charge on any atom is 0.200 e. The largest absolute Gasteiger partial charge is 0.345 e. The molecular formula is C18H22O6. The lowest BCUT2D eigenvalue weighted by molar-refractivity contribution is -0.236. The third-order valence-electron chi connectivity index (χ3n) is 4.14. The summed E-state index contributed by atoms with van der Waals surface area (Å²) in [6, 6.07) is 9.72. The molecule has 2 heterocycles. The second kappa shape index (κ2) is 6.72. The Morgan fingerprint density at radius 1 is 1.12 bits per heavy atom. The molecule has 0 radical (unpaired) electrons. The van der Waals surface area contributed by atoms with E-state index in [0.717, 1.165) is 5.56 Å². The van der Waals surface area contributed by atoms with E-state index in [4.69, 9.17) is 18.9 Å². The van der Waals surface area contributed by atoms with Crippen molar-refractivity contribution < 1.29 is 28.5 Å². The van der Waals surface area contributed by atoms with Gasteiger partial charge in [-0.3, -0.25) is 9.59 Å². The molecule has 0 bridgehead atoms. The number of hydrogen-bond acceptors (Lipinski definition) is 6. The van der Waals surface area contributed by atoms with Crippen LogP contribution in [-0.4, -0.2) is 42.0 Å². The highest BCUT2D eigenvalue weighted by molar-refractivity contribution is 6.36. The van der Waals surface area contributed by atoms with E-state index in [0.29, 0.717) is 6.61 Å². The van der Waals surface area contributed by atoms with E-state index in [-0.39, 0.29) is 6.42 Å². The van der Waals surface area contributed by atoms with Crippen molar-refractivity contribution in [2.45, 2.75) is 64.2 Å². The van der Waals surface area contributed by atoms with E-state index in [9.17, 15) is 9.59 Å². The number of carbonyl (C=O) groups excluding carboxylic acids is 2. The Kier molecular flexibility index (Phi) is 4.83. The Balaban J connectivity index is 1.68. The Hall–Kier alpha value is -1.60. The Bertz CT molecular complexity index is 611. The second-order valence-electron chi connectivity index (χ2n) is 6.59. The molecule has 2 fully saturated rings. The summed E-state index contributed by atoms with van der Waals surface area (Å²) in [5.74, 6) is -1.73. The van der Waals surface area contributed by atoms with E-state index < -0.39 is 42.0 Å². The molecule has 6 heteroatoms. The van der Waals surface area contributed by atoms with Crippen LogP contribution in [0.2, 0.25) is 0 Å². The zero-order chi connectivity index (χ0) is 17.3. The van der Waals surface area contributed by atoms with E-state index in [2.05, 4.69) is 0 Å². The van der Waals surface area contributed by atoms with Crippen molar-refractivity contribution in [2.24, 2.45) is 0 Å². The lowest BCUT2D eigenvalue weighted by atomic mass is 10.0. The van der Waals surface area contributed by atoms with E-state index in [1.165, 1.54) is 6.92 Å². The Morgan fingerprint density at radius 3 is 2.46 bits per heavy atom. The van der Waals surface area contributed by atoms with Gasteiger partial charge in [0.2, 0.25) is 5.78 Å². The minimum atomic E-state index is -0.773. The van der Waals surface area contributed by atoms with Crippen molar-refractivity contribution in [1.82, 2.24) is 0 Å².